The third-order valence-corrected chi connectivity index (χ3v) is 4.76. The van der Waals surface area contributed by atoms with E-state index in [9.17, 15) is 19.5 Å². The lowest BCUT2D eigenvalue weighted by Crippen LogP contribution is -2.45. The number of hydrogen-bond donors (Lipinski definition) is 2. The van der Waals surface area contributed by atoms with Gasteiger partial charge < -0.3 is 19.3 Å². The number of nitrogens with one attached hydrogen (secondary N) is 1. The first-order valence-electron chi connectivity index (χ1n) is 8.65. The summed E-state index contributed by atoms with van der Waals surface area (Å²) in [5.74, 6) is -1.93. The standard InChI is InChI=1S/C20H21NO6/c1-9(2)18(19(23)24)21-17(22)6-14-11(4)13-5-12-10(3)8-26-15(12)7-16(13)27-20(14)25/h5,7-9,18H,6H2,1-4H3,(H,21,22)(H,23,24)/t18-/m1/s1. The highest BCUT2D eigenvalue weighted by atomic mass is 16.4. The van der Waals surface area contributed by atoms with Crippen molar-refractivity contribution in [2.24, 2.45) is 5.92 Å². The molecule has 142 valence electrons. The van der Waals surface area contributed by atoms with Crippen molar-refractivity contribution in [2.45, 2.75) is 40.2 Å². The van der Waals surface area contributed by atoms with Crippen molar-refractivity contribution in [1.29, 1.82) is 0 Å². The number of aryl methyl sites for hydroxylation is 2. The summed E-state index contributed by atoms with van der Waals surface area (Å²) in [4.78, 5) is 36.0. The zero-order valence-corrected chi connectivity index (χ0v) is 15.6. The van der Waals surface area contributed by atoms with Crippen molar-refractivity contribution < 1.29 is 23.5 Å². The minimum atomic E-state index is -1.11. The number of carbonyl (C=O) groups is 2. The van der Waals surface area contributed by atoms with E-state index in [1.807, 2.05) is 13.0 Å². The molecule has 0 saturated carbocycles. The molecule has 0 aliphatic rings. The van der Waals surface area contributed by atoms with Crippen molar-refractivity contribution in [2.75, 3.05) is 0 Å². The van der Waals surface area contributed by atoms with E-state index >= 15 is 0 Å². The SMILES string of the molecule is Cc1coc2cc3oc(=O)c(CC(=O)N[C@@H](C(=O)O)C(C)C)c(C)c3cc12. The Labute approximate surface area is 155 Å². The Kier molecular flexibility index (Phi) is 4.78. The summed E-state index contributed by atoms with van der Waals surface area (Å²) in [6.07, 6.45) is 1.38. The molecule has 1 atom stereocenters. The average molecular weight is 371 g/mol. The molecular formula is C20H21NO6. The topological polar surface area (TPSA) is 110 Å². The summed E-state index contributed by atoms with van der Waals surface area (Å²) in [6, 6.07) is 2.52. The van der Waals surface area contributed by atoms with Gasteiger partial charge in [-0.2, -0.15) is 0 Å². The van der Waals surface area contributed by atoms with Gasteiger partial charge in [0.2, 0.25) is 5.91 Å². The van der Waals surface area contributed by atoms with E-state index in [0.29, 0.717) is 22.1 Å². The lowest BCUT2D eigenvalue weighted by molar-refractivity contribution is -0.143. The first kappa shape index (κ1) is 18.7. The van der Waals surface area contributed by atoms with E-state index in [2.05, 4.69) is 5.32 Å². The Balaban J connectivity index is 2.00. The van der Waals surface area contributed by atoms with Gasteiger partial charge in [0.15, 0.2) is 0 Å². The van der Waals surface area contributed by atoms with Gasteiger partial charge in [-0.3, -0.25) is 4.79 Å². The molecule has 0 unspecified atom stereocenters. The van der Waals surface area contributed by atoms with Crippen LogP contribution in [0.25, 0.3) is 21.9 Å². The molecule has 3 aromatic rings. The Morgan fingerprint density at radius 2 is 1.85 bits per heavy atom. The van der Waals surface area contributed by atoms with Crippen molar-refractivity contribution in [3.63, 3.8) is 0 Å². The number of carbonyl (C=O) groups excluding carboxylic acids is 1. The van der Waals surface area contributed by atoms with Crippen LogP contribution in [0.15, 0.2) is 32.0 Å². The molecule has 0 bridgehead atoms. The molecule has 0 spiro atoms. The van der Waals surface area contributed by atoms with Crippen LogP contribution in [-0.4, -0.2) is 23.0 Å². The second kappa shape index (κ2) is 6.90. The largest absolute Gasteiger partial charge is 0.480 e. The van der Waals surface area contributed by atoms with E-state index in [0.717, 1.165) is 10.9 Å². The number of hydrogen-bond acceptors (Lipinski definition) is 5. The number of aliphatic carboxylic acids is 1. The molecule has 1 amide bonds. The fraction of sp³-hybridized carbons (Fsp3) is 0.350. The number of fused-ring (bicyclic) bond motifs is 2. The molecule has 0 aliphatic heterocycles. The number of furan rings is 1. The number of carboxylic acid groups (broad SMARTS) is 1. The fourth-order valence-corrected chi connectivity index (χ4v) is 3.14. The Morgan fingerprint density at radius 1 is 1.15 bits per heavy atom. The van der Waals surface area contributed by atoms with Gasteiger partial charge in [0, 0.05) is 16.8 Å². The number of rotatable bonds is 5. The molecule has 2 aromatic heterocycles. The molecule has 7 heteroatoms. The zero-order chi connectivity index (χ0) is 19.9. The van der Waals surface area contributed by atoms with Crippen LogP contribution in [0.5, 0.6) is 0 Å². The summed E-state index contributed by atoms with van der Waals surface area (Å²) in [6.45, 7) is 7.07. The predicted octanol–water partition coefficient (Wildman–Crippen LogP) is 2.92. The van der Waals surface area contributed by atoms with E-state index in [1.54, 1.807) is 33.1 Å². The minimum absolute atomic E-state index is 0.216. The van der Waals surface area contributed by atoms with Crippen LogP contribution in [-0.2, 0) is 16.0 Å². The lowest BCUT2D eigenvalue weighted by Gasteiger charge is -2.18. The van der Waals surface area contributed by atoms with Crippen molar-refractivity contribution >= 4 is 33.8 Å². The summed E-state index contributed by atoms with van der Waals surface area (Å²) >= 11 is 0. The number of amides is 1. The molecule has 3 rings (SSSR count). The van der Waals surface area contributed by atoms with Gasteiger partial charge in [0.05, 0.1) is 18.2 Å². The van der Waals surface area contributed by atoms with E-state index in [-0.39, 0.29) is 17.9 Å². The van der Waals surface area contributed by atoms with Gasteiger partial charge in [0.1, 0.15) is 17.2 Å². The second-order valence-corrected chi connectivity index (χ2v) is 7.06. The Hall–Kier alpha value is -3.09. The molecule has 1 aromatic carbocycles. The normalized spacial score (nSPS) is 12.6. The highest BCUT2D eigenvalue weighted by Crippen LogP contribution is 2.28. The molecule has 2 N–H and O–H groups in total. The van der Waals surface area contributed by atoms with Crippen LogP contribution < -0.4 is 10.9 Å². The van der Waals surface area contributed by atoms with Crippen molar-refractivity contribution in [3.8, 4) is 0 Å². The van der Waals surface area contributed by atoms with Crippen LogP contribution in [0.2, 0.25) is 0 Å². The first-order chi connectivity index (χ1) is 12.7. The molecule has 0 fully saturated rings. The van der Waals surface area contributed by atoms with E-state index < -0.39 is 23.5 Å². The summed E-state index contributed by atoms with van der Waals surface area (Å²) in [5, 5.41) is 13.3. The summed E-state index contributed by atoms with van der Waals surface area (Å²) < 4.78 is 10.8. The maximum Gasteiger partial charge on any atom is 0.340 e. The molecule has 0 aliphatic carbocycles. The lowest BCUT2D eigenvalue weighted by atomic mass is 10.0. The van der Waals surface area contributed by atoms with Crippen LogP contribution in [0.4, 0.5) is 0 Å². The quantitative estimate of drug-likeness (QED) is 0.667. The Morgan fingerprint density at radius 3 is 2.48 bits per heavy atom. The Bertz CT molecular complexity index is 1110. The predicted molar refractivity (Wildman–Crippen MR) is 99.8 cm³/mol. The monoisotopic (exact) mass is 371 g/mol. The number of carboxylic acids is 1. The third-order valence-electron chi connectivity index (χ3n) is 4.76. The summed E-state index contributed by atoms with van der Waals surface area (Å²) in [5.41, 5.74) is 2.19. The smallest absolute Gasteiger partial charge is 0.340 e. The second-order valence-electron chi connectivity index (χ2n) is 7.06. The molecule has 7 nitrogen and oxygen atoms in total. The highest BCUT2D eigenvalue weighted by molar-refractivity contribution is 5.96. The van der Waals surface area contributed by atoms with Gasteiger partial charge in [0.25, 0.3) is 0 Å². The van der Waals surface area contributed by atoms with Gasteiger partial charge in [-0.1, -0.05) is 13.8 Å². The van der Waals surface area contributed by atoms with Gasteiger partial charge in [-0.15, -0.1) is 0 Å². The van der Waals surface area contributed by atoms with Gasteiger partial charge >= 0.3 is 11.6 Å². The van der Waals surface area contributed by atoms with Crippen LogP contribution in [0.3, 0.4) is 0 Å². The molecule has 2 heterocycles. The zero-order valence-electron chi connectivity index (χ0n) is 15.6. The molecular weight excluding hydrogens is 350 g/mol. The highest BCUT2D eigenvalue weighted by Gasteiger charge is 2.24. The number of benzene rings is 1. The van der Waals surface area contributed by atoms with E-state index in [4.69, 9.17) is 8.83 Å². The molecule has 0 saturated heterocycles. The van der Waals surface area contributed by atoms with Gasteiger partial charge in [-0.25, -0.2) is 9.59 Å². The van der Waals surface area contributed by atoms with Gasteiger partial charge in [-0.05, 0) is 37.0 Å². The van der Waals surface area contributed by atoms with Crippen LogP contribution >= 0.6 is 0 Å². The fourth-order valence-electron chi connectivity index (χ4n) is 3.14. The van der Waals surface area contributed by atoms with Crippen LogP contribution in [0, 0.1) is 19.8 Å². The minimum Gasteiger partial charge on any atom is -0.480 e. The van der Waals surface area contributed by atoms with Crippen molar-refractivity contribution in [3.05, 3.63) is 45.5 Å². The maximum atomic E-state index is 12.4. The molecule has 0 radical (unpaired) electrons. The van der Waals surface area contributed by atoms with E-state index in [1.165, 1.54) is 0 Å². The van der Waals surface area contributed by atoms with Crippen molar-refractivity contribution in [1.82, 2.24) is 5.32 Å². The summed E-state index contributed by atoms with van der Waals surface area (Å²) in [7, 11) is 0. The average Bonchev–Trinajstić information content (AvgIpc) is 2.95. The third kappa shape index (κ3) is 3.45. The molecule has 27 heavy (non-hydrogen) atoms. The first-order valence-corrected chi connectivity index (χ1v) is 8.65. The van der Waals surface area contributed by atoms with Crippen LogP contribution in [0.1, 0.15) is 30.5 Å². The maximum absolute atomic E-state index is 12.4.